The third-order valence-corrected chi connectivity index (χ3v) is 2.92. The van der Waals surface area contributed by atoms with Crippen molar-refractivity contribution in [3.63, 3.8) is 0 Å². The Bertz CT molecular complexity index is 760. The second kappa shape index (κ2) is 3.80. The maximum Gasteiger partial charge on any atom is 0.223 e. The van der Waals surface area contributed by atoms with E-state index in [1.165, 1.54) is 6.92 Å². The highest BCUT2D eigenvalue weighted by atomic mass is 16.1. The number of imidazole rings is 1. The molecule has 0 atom stereocenters. The van der Waals surface area contributed by atoms with E-state index in [0.717, 1.165) is 21.9 Å². The minimum absolute atomic E-state index is 0.129. The number of hydrogen-bond donors (Lipinski definition) is 1. The molecule has 0 radical (unpaired) electrons. The van der Waals surface area contributed by atoms with Crippen molar-refractivity contribution in [2.24, 2.45) is 7.05 Å². The van der Waals surface area contributed by atoms with Crippen molar-refractivity contribution in [2.75, 3.05) is 5.32 Å². The van der Waals surface area contributed by atoms with Gasteiger partial charge in [-0.3, -0.25) is 15.1 Å². The molecule has 2 heterocycles. The van der Waals surface area contributed by atoms with E-state index in [1.807, 2.05) is 35.9 Å². The number of pyridine rings is 1. The lowest BCUT2D eigenvalue weighted by Crippen LogP contribution is -2.10. The number of anilines is 1. The van der Waals surface area contributed by atoms with Gasteiger partial charge in [-0.2, -0.15) is 0 Å². The van der Waals surface area contributed by atoms with E-state index >= 15 is 0 Å². The van der Waals surface area contributed by atoms with Gasteiger partial charge in [0.25, 0.3) is 0 Å². The van der Waals surface area contributed by atoms with E-state index in [-0.39, 0.29) is 5.91 Å². The zero-order valence-electron chi connectivity index (χ0n) is 10.1. The number of nitrogens with zero attached hydrogens (tertiary/aromatic N) is 3. The first-order valence-electron chi connectivity index (χ1n) is 5.64. The van der Waals surface area contributed by atoms with Crippen molar-refractivity contribution in [3.8, 4) is 0 Å². The van der Waals surface area contributed by atoms with Gasteiger partial charge in [-0.05, 0) is 24.3 Å². The van der Waals surface area contributed by atoms with E-state index in [0.29, 0.717) is 5.95 Å². The van der Waals surface area contributed by atoms with Crippen molar-refractivity contribution in [1.82, 2.24) is 14.5 Å². The van der Waals surface area contributed by atoms with Crippen molar-refractivity contribution >= 4 is 33.8 Å². The molecule has 0 spiro atoms. The molecule has 1 amide bonds. The van der Waals surface area contributed by atoms with Gasteiger partial charge in [-0.25, -0.2) is 4.98 Å². The number of aromatic nitrogens is 3. The lowest BCUT2D eigenvalue weighted by molar-refractivity contribution is -0.114. The van der Waals surface area contributed by atoms with Gasteiger partial charge in [0, 0.05) is 25.6 Å². The van der Waals surface area contributed by atoms with E-state index in [9.17, 15) is 4.79 Å². The summed E-state index contributed by atoms with van der Waals surface area (Å²) in [5.41, 5.74) is 2.73. The Balaban J connectivity index is 2.34. The number of carbonyl (C=O) groups excluding carboxylic acids is 1. The molecule has 18 heavy (non-hydrogen) atoms. The number of carbonyl (C=O) groups is 1. The van der Waals surface area contributed by atoms with Crippen molar-refractivity contribution in [2.45, 2.75) is 6.92 Å². The normalized spacial score (nSPS) is 11.0. The van der Waals surface area contributed by atoms with E-state index < -0.39 is 0 Å². The Kier molecular flexibility index (Phi) is 2.26. The number of aryl methyl sites for hydroxylation is 1. The monoisotopic (exact) mass is 240 g/mol. The fourth-order valence-corrected chi connectivity index (χ4v) is 2.08. The van der Waals surface area contributed by atoms with Crippen molar-refractivity contribution in [1.29, 1.82) is 0 Å². The molecule has 0 aliphatic heterocycles. The number of nitrogens with one attached hydrogen (secondary N) is 1. The average molecular weight is 240 g/mol. The fraction of sp³-hybridized carbons (Fsp3) is 0.154. The van der Waals surface area contributed by atoms with Crippen LogP contribution >= 0.6 is 0 Å². The molecule has 0 saturated heterocycles. The molecule has 5 heteroatoms. The molecule has 1 aromatic carbocycles. The summed E-state index contributed by atoms with van der Waals surface area (Å²) >= 11 is 0. The minimum Gasteiger partial charge on any atom is -0.313 e. The molecule has 2 aromatic heterocycles. The molecular weight excluding hydrogens is 228 g/mol. The Labute approximate surface area is 103 Å². The summed E-state index contributed by atoms with van der Waals surface area (Å²) < 4.78 is 1.86. The third kappa shape index (κ3) is 1.52. The van der Waals surface area contributed by atoms with Crippen LogP contribution in [0.15, 0.2) is 30.5 Å². The first-order chi connectivity index (χ1) is 8.66. The third-order valence-electron chi connectivity index (χ3n) is 2.92. The maximum absolute atomic E-state index is 11.1. The van der Waals surface area contributed by atoms with Crippen LogP contribution in [0.25, 0.3) is 21.9 Å². The van der Waals surface area contributed by atoms with E-state index in [4.69, 9.17) is 0 Å². The highest BCUT2D eigenvalue weighted by Gasteiger charge is 2.11. The van der Waals surface area contributed by atoms with Crippen LogP contribution in [0.2, 0.25) is 0 Å². The number of amides is 1. The number of rotatable bonds is 1. The highest BCUT2D eigenvalue weighted by molar-refractivity contribution is 6.04. The van der Waals surface area contributed by atoms with Gasteiger partial charge < -0.3 is 4.57 Å². The predicted molar refractivity (Wildman–Crippen MR) is 70.3 cm³/mol. The van der Waals surface area contributed by atoms with Crippen LogP contribution in [0.5, 0.6) is 0 Å². The largest absolute Gasteiger partial charge is 0.313 e. The van der Waals surface area contributed by atoms with Crippen LogP contribution in [0.3, 0.4) is 0 Å². The van der Waals surface area contributed by atoms with Crippen LogP contribution in [-0.4, -0.2) is 20.4 Å². The molecule has 5 nitrogen and oxygen atoms in total. The van der Waals surface area contributed by atoms with Gasteiger partial charge in [0.1, 0.15) is 5.52 Å². The number of hydrogen-bond acceptors (Lipinski definition) is 3. The van der Waals surface area contributed by atoms with Crippen molar-refractivity contribution < 1.29 is 4.79 Å². The van der Waals surface area contributed by atoms with E-state index in [1.54, 1.807) is 6.20 Å². The van der Waals surface area contributed by atoms with Gasteiger partial charge in [0.05, 0.1) is 11.0 Å². The fourth-order valence-electron chi connectivity index (χ4n) is 2.08. The van der Waals surface area contributed by atoms with Gasteiger partial charge >= 0.3 is 0 Å². The standard InChI is InChI=1S/C13H12N4O/c1-8(18)15-13-16-12-9-4-3-7-14-10(9)5-6-11(12)17(13)2/h3-7H,1-2H3,(H,15,16,18). The maximum atomic E-state index is 11.1. The van der Waals surface area contributed by atoms with Crippen molar-refractivity contribution in [3.05, 3.63) is 30.5 Å². The summed E-state index contributed by atoms with van der Waals surface area (Å²) in [4.78, 5) is 19.9. The summed E-state index contributed by atoms with van der Waals surface area (Å²) in [6.07, 6.45) is 1.76. The van der Waals surface area contributed by atoms with Crippen LogP contribution < -0.4 is 5.32 Å². The molecule has 90 valence electrons. The topological polar surface area (TPSA) is 59.8 Å². The zero-order chi connectivity index (χ0) is 12.7. The number of fused-ring (bicyclic) bond motifs is 3. The summed E-state index contributed by atoms with van der Waals surface area (Å²) in [5.74, 6) is 0.421. The minimum atomic E-state index is -0.129. The molecule has 0 bridgehead atoms. The smallest absolute Gasteiger partial charge is 0.223 e. The Morgan fingerprint density at radius 1 is 1.33 bits per heavy atom. The zero-order valence-corrected chi connectivity index (χ0v) is 10.1. The number of benzene rings is 1. The Hall–Kier alpha value is -2.43. The quantitative estimate of drug-likeness (QED) is 0.708. The molecular formula is C13H12N4O. The lowest BCUT2D eigenvalue weighted by Gasteiger charge is -2.01. The molecule has 0 fully saturated rings. The molecule has 0 unspecified atom stereocenters. The van der Waals surface area contributed by atoms with Gasteiger partial charge in [-0.1, -0.05) is 0 Å². The summed E-state index contributed by atoms with van der Waals surface area (Å²) in [6, 6.07) is 7.78. The molecule has 0 aliphatic rings. The van der Waals surface area contributed by atoms with Crippen LogP contribution in [-0.2, 0) is 11.8 Å². The van der Waals surface area contributed by atoms with Crippen LogP contribution in [0.4, 0.5) is 5.95 Å². The predicted octanol–water partition coefficient (Wildman–Crippen LogP) is 2.08. The average Bonchev–Trinajstić information content (AvgIpc) is 2.66. The molecule has 3 rings (SSSR count). The Morgan fingerprint density at radius 2 is 2.17 bits per heavy atom. The lowest BCUT2D eigenvalue weighted by atomic mass is 10.2. The Morgan fingerprint density at radius 3 is 2.94 bits per heavy atom. The van der Waals surface area contributed by atoms with Crippen LogP contribution in [0, 0.1) is 0 Å². The summed E-state index contributed by atoms with van der Waals surface area (Å²) in [7, 11) is 1.88. The van der Waals surface area contributed by atoms with Crippen LogP contribution in [0.1, 0.15) is 6.92 Å². The molecule has 0 aliphatic carbocycles. The van der Waals surface area contributed by atoms with Gasteiger partial charge in [-0.15, -0.1) is 0 Å². The van der Waals surface area contributed by atoms with Gasteiger partial charge in [0.15, 0.2) is 0 Å². The SMILES string of the molecule is CC(=O)Nc1nc2c3cccnc3ccc2n1C. The van der Waals surface area contributed by atoms with E-state index in [2.05, 4.69) is 15.3 Å². The van der Waals surface area contributed by atoms with Gasteiger partial charge in [0.2, 0.25) is 11.9 Å². The second-order valence-corrected chi connectivity index (χ2v) is 4.18. The summed E-state index contributed by atoms with van der Waals surface area (Å²) in [5, 5.41) is 3.71. The molecule has 0 saturated carbocycles. The second-order valence-electron chi connectivity index (χ2n) is 4.18. The first kappa shape index (κ1) is 10.7. The summed E-state index contributed by atoms with van der Waals surface area (Å²) in [6.45, 7) is 1.47. The molecule has 3 aromatic rings. The molecule has 1 N–H and O–H groups in total. The first-order valence-corrected chi connectivity index (χ1v) is 5.64. The highest BCUT2D eigenvalue weighted by Crippen LogP contribution is 2.25.